The molecule has 2 atom stereocenters. The van der Waals surface area contributed by atoms with E-state index in [4.69, 9.17) is 0 Å². The normalized spacial score (nSPS) is 24.9. The molecule has 27 heavy (non-hydrogen) atoms. The Morgan fingerprint density at radius 2 is 2.04 bits per heavy atom. The van der Waals surface area contributed by atoms with Gasteiger partial charge in [0.05, 0.1) is 0 Å². The molecule has 2 unspecified atom stereocenters. The van der Waals surface area contributed by atoms with Crippen LogP contribution in [0.25, 0.3) is 0 Å². The van der Waals surface area contributed by atoms with Crippen LogP contribution in [0.5, 0.6) is 0 Å². The number of carbonyl (C=O) groups is 1. The number of likely N-dealkylation sites (tertiary alicyclic amines) is 1. The molecule has 2 fully saturated rings. The molecule has 3 rings (SSSR count). The highest BCUT2D eigenvalue weighted by Gasteiger charge is 2.35. The molecule has 0 aromatic carbocycles. The molecule has 2 aliphatic heterocycles. The number of piperidine rings is 1. The number of aliphatic hydroxyl groups excluding tert-OH is 1. The summed E-state index contributed by atoms with van der Waals surface area (Å²) in [7, 11) is 2.18. The van der Waals surface area contributed by atoms with Gasteiger partial charge >= 0.3 is 0 Å². The summed E-state index contributed by atoms with van der Waals surface area (Å²) in [6.45, 7) is 6.39. The molecule has 0 radical (unpaired) electrons. The number of carbonyl (C=O) groups excluding carboxylic acids is 1. The van der Waals surface area contributed by atoms with Gasteiger partial charge in [-0.25, -0.2) is 0 Å². The Morgan fingerprint density at radius 1 is 1.22 bits per heavy atom. The van der Waals surface area contributed by atoms with Gasteiger partial charge in [-0.2, -0.15) is 0 Å². The maximum Gasteiger partial charge on any atom is 0.222 e. The number of nitrogens with zero attached hydrogens (tertiary/aromatic N) is 4. The summed E-state index contributed by atoms with van der Waals surface area (Å²) >= 11 is 0. The Balaban J connectivity index is 1.55. The van der Waals surface area contributed by atoms with E-state index < -0.39 is 0 Å². The summed E-state index contributed by atoms with van der Waals surface area (Å²) < 4.78 is 0. The minimum absolute atomic E-state index is 0.236. The van der Waals surface area contributed by atoms with Gasteiger partial charge in [0, 0.05) is 70.2 Å². The molecule has 0 bridgehead atoms. The fraction of sp³-hybridized carbons (Fsp3) is 0.714. The van der Waals surface area contributed by atoms with Crippen LogP contribution in [0.2, 0.25) is 0 Å². The van der Waals surface area contributed by atoms with Crippen LogP contribution in [-0.4, -0.2) is 89.7 Å². The highest BCUT2D eigenvalue weighted by atomic mass is 16.3. The second-order valence-corrected chi connectivity index (χ2v) is 7.98. The van der Waals surface area contributed by atoms with Crippen molar-refractivity contribution >= 4 is 5.91 Å². The van der Waals surface area contributed by atoms with Crippen molar-refractivity contribution in [1.82, 2.24) is 19.7 Å². The van der Waals surface area contributed by atoms with Gasteiger partial charge in [0.2, 0.25) is 5.91 Å². The quantitative estimate of drug-likeness (QED) is 0.778. The molecule has 6 nitrogen and oxygen atoms in total. The first kappa shape index (κ1) is 20.2. The van der Waals surface area contributed by atoms with Gasteiger partial charge in [-0.3, -0.25) is 14.7 Å². The molecule has 1 amide bonds. The number of aliphatic hydroxyl groups is 1. The van der Waals surface area contributed by atoms with Gasteiger partial charge < -0.3 is 14.9 Å². The molecule has 6 heteroatoms. The van der Waals surface area contributed by atoms with Crippen molar-refractivity contribution in [3.8, 4) is 0 Å². The third-order valence-electron chi connectivity index (χ3n) is 6.11. The molecule has 1 aromatic rings. The number of piperazine rings is 1. The summed E-state index contributed by atoms with van der Waals surface area (Å²) in [5.74, 6) is 0.708. The van der Waals surface area contributed by atoms with Crippen molar-refractivity contribution < 1.29 is 9.90 Å². The zero-order chi connectivity index (χ0) is 19.1. The van der Waals surface area contributed by atoms with Crippen molar-refractivity contribution in [1.29, 1.82) is 0 Å². The van der Waals surface area contributed by atoms with Crippen LogP contribution in [-0.2, 0) is 11.2 Å². The first-order valence-corrected chi connectivity index (χ1v) is 10.4. The van der Waals surface area contributed by atoms with Crippen LogP contribution < -0.4 is 0 Å². The Morgan fingerprint density at radius 3 is 2.74 bits per heavy atom. The lowest BCUT2D eigenvalue weighted by Crippen LogP contribution is -2.57. The molecule has 1 aromatic heterocycles. The number of aryl methyl sites for hydroxylation is 1. The molecule has 0 saturated carbocycles. The molecule has 3 heterocycles. The van der Waals surface area contributed by atoms with Crippen molar-refractivity contribution in [3.05, 3.63) is 30.1 Å². The number of aromatic nitrogens is 1. The van der Waals surface area contributed by atoms with Gasteiger partial charge in [0.1, 0.15) is 0 Å². The molecule has 0 spiro atoms. The van der Waals surface area contributed by atoms with Crippen LogP contribution in [0.1, 0.15) is 31.4 Å². The van der Waals surface area contributed by atoms with Crippen molar-refractivity contribution in [2.45, 2.75) is 38.1 Å². The van der Waals surface area contributed by atoms with E-state index >= 15 is 0 Å². The topological polar surface area (TPSA) is 59.9 Å². The van der Waals surface area contributed by atoms with E-state index in [0.29, 0.717) is 24.8 Å². The van der Waals surface area contributed by atoms with Crippen LogP contribution in [0.3, 0.4) is 0 Å². The molecule has 150 valence electrons. The average molecular weight is 375 g/mol. The summed E-state index contributed by atoms with van der Waals surface area (Å²) in [6.07, 6.45) is 5.89. The number of hydrogen-bond donors (Lipinski definition) is 1. The smallest absolute Gasteiger partial charge is 0.222 e. The van der Waals surface area contributed by atoms with E-state index in [1.807, 2.05) is 18.2 Å². The predicted octanol–water partition coefficient (Wildman–Crippen LogP) is 1.25. The van der Waals surface area contributed by atoms with Gasteiger partial charge in [0.25, 0.3) is 0 Å². The third kappa shape index (κ3) is 5.74. The minimum atomic E-state index is 0.236. The SMILES string of the molecule is CN1CCN(C2CCN(C(=O)CCc3ccccn3)CC2CCCO)CC1. The zero-order valence-electron chi connectivity index (χ0n) is 16.6. The minimum Gasteiger partial charge on any atom is -0.396 e. The zero-order valence-corrected chi connectivity index (χ0v) is 16.6. The van der Waals surface area contributed by atoms with E-state index in [0.717, 1.165) is 64.2 Å². The van der Waals surface area contributed by atoms with Crippen LogP contribution in [0.15, 0.2) is 24.4 Å². The van der Waals surface area contributed by atoms with E-state index in [1.54, 1.807) is 6.20 Å². The van der Waals surface area contributed by atoms with Crippen molar-refractivity contribution in [2.24, 2.45) is 5.92 Å². The highest BCUT2D eigenvalue weighted by Crippen LogP contribution is 2.27. The fourth-order valence-corrected chi connectivity index (χ4v) is 4.46. The van der Waals surface area contributed by atoms with Gasteiger partial charge in [-0.1, -0.05) is 6.07 Å². The molecule has 2 saturated heterocycles. The molecule has 1 N–H and O–H groups in total. The van der Waals surface area contributed by atoms with Crippen LogP contribution in [0, 0.1) is 5.92 Å². The van der Waals surface area contributed by atoms with E-state index in [1.165, 1.54) is 0 Å². The average Bonchev–Trinajstić information content (AvgIpc) is 2.71. The lowest BCUT2D eigenvalue weighted by atomic mass is 9.86. The van der Waals surface area contributed by atoms with Crippen LogP contribution in [0.4, 0.5) is 0 Å². The van der Waals surface area contributed by atoms with Crippen molar-refractivity contribution in [3.63, 3.8) is 0 Å². The first-order valence-electron chi connectivity index (χ1n) is 10.4. The largest absolute Gasteiger partial charge is 0.396 e. The maximum absolute atomic E-state index is 12.7. The predicted molar refractivity (Wildman–Crippen MR) is 106 cm³/mol. The van der Waals surface area contributed by atoms with Gasteiger partial charge in [-0.05, 0) is 50.8 Å². The van der Waals surface area contributed by atoms with Crippen molar-refractivity contribution in [2.75, 3.05) is 52.9 Å². The second kappa shape index (κ2) is 10.2. The monoisotopic (exact) mass is 374 g/mol. The Bertz CT molecular complexity index is 575. The molecule has 2 aliphatic rings. The number of rotatable bonds is 7. The number of hydrogen-bond acceptors (Lipinski definition) is 5. The summed E-state index contributed by atoms with van der Waals surface area (Å²) in [6, 6.07) is 6.40. The third-order valence-corrected chi connectivity index (χ3v) is 6.11. The molecular formula is C21H34N4O2. The highest BCUT2D eigenvalue weighted by molar-refractivity contribution is 5.76. The Kier molecular flexibility index (Phi) is 7.61. The van der Waals surface area contributed by atoms with Gasteiger partial charge in [-0.15, -0.1) is 0 Å². The molecular weight excluding hydrogens is 340 g/mol. The number of amides is 1. The standard InChI is InChI=1S/C21H34N4O2/c1-23-12-14-24(15-13-23)20-9-11-25(17-18(20)5-4-16-26)21(27)8-7-19-6-2-3-10-22-19/h2-3,6,10,18,20,26H,4-5,7-9,11-17H2,1H3. The Hall–Kier alpha value is -1.50. The van der Waals surface area contributed by atoms with Gasteiger partial charge in [0.15, 0.2) is 0 Å². The number of likely N-dealkylation sites (N-methyl/N-ethyl adjacent to an activating group) is 1. The molecule has 0 aliphatic carbocycles. The maximum atomic E-state index is 12.7. The van der Waals surface area contributed by atoms with E-state index in [2.05, 4.69) is 26.7 Å². The van der Waals surface area contributed by atoms with Crippen LogP contribution >= 0.6 is 0 Å². The number of pyridine rings is 1. The Labute approximate surface area is 163 Å². The summed E-state index contributed by atoms with van der Waals surface area (Å²) in [4.78, 5) is 24.1. The van der Waals surface area contributed by atoms with E-state index in [9.17, 15) is 9.90 Å². The first-order chi connectivity index (χ1) is 13.2. The fourth-order valence-electron chi connectivity index (χ4n) is 4.46. The lowest BCUT2D eigenvalue weighted by molar-refractivity contribution is -0.134. The summed E-state index contributed by atoms with van der Waals surface area (Å²) in [5.41, 5.74) is 0.981. The second-order valence-electron chi connectivity index (χ2n) is 7.98. The van der Waals surface area contributed by atoms with E-state index in [-0.39, 0.29) is 12.5 Å². The summed E-state index contributed by atoms with van der Waals surface area (Å²) in [5, 5.41) is 9.31. The lowest BCUT2D eigenvalue weighted by Gasteiger charge is -2.46.